The van der Waals surface area contributed by atoms with E-state index < -0.39 is 12.0 Å². The molecule has 1 aromatic carbocycles. The van der Waals surface area contributed by atoms with E-state index in [1.165, 1.54) is 7.11 Å². The summed E-state index contributed by atoms with van der Waals surface area (Å²) in [4.78, 5) is 10.9. The van der Waals surface area contributed by atoms with Crippen LogP contribution in [0.1, 0.15) is 22.7 Å². The summed E-state index contributed by atoms with van der Waals surface area (Å²) < 4.78 is 5.19. The van der Waals surface area contributed by atoms with E-state index >= 15 is 0 Å². The molecular weight excluding hydrogens is 230 g/mol. The van der Waals surface area contributed by atoms with Crippen LogP contribution in [0.5, 0.6) is 5.75 Å². The van der Waals surface area contributed by atoms with Crippen molar-refractivity contribution < 1.29 is 14.6 Å². The molecule has 88 valence electrons. The van der Waals surface area contributed by atoms with Gasteiger partial charge in [0.25, 0.3) is 0 Å². The first-order valence-electron chi connectivity index (χ1n) is 4.72. The molecule has 0 saturated carbocycles. The fourth-order valence-electron chi connectivity index (χ4n) is 1.75. The van der Waals surface area contributed by atoms with Gasteiger partial charge in [-0.1, -0.05) is 11.6 Å². The molecule has 1 rings (SSSR count). The van der Waals surface area contributed by atoms with Gasteiger partial charge in [-0.2, -0.15) is 0 Å². The lowest BCUT2D eigenvalue weighted by Crippen LogP contribution is -2.22. The minimum atomic E-state index is -1.14. The summed E-state index contributed by atoms with van der Waals surface area (Å²) in [7, 11) is 1.53. The van der Waals surface area contributed by atoms with Crippen molar-refractivity contribution in [3.05, 3.63) is 27.8 Å². The van der Waals surface area contributed by atoms with Crippen LogP contribution in [-0.2, 0) is 4.79 Å². The Kier molecular flexibility index (Phi) is 3.78. The van der Waals surface area contributed by atoms with E-state index in [-0.39, 0.29) is 0 Å². The number of hydrogen-bond donors (Lipinski definition) is 2. The van der Waals surface area contributed by atoms with Crippen LogP contribution >= 0.6 is 11.6 Å². The van der Waals surface area contributed by atoms with Crippen LogP contribution < -0.4 is 10.5 Å². The molecule has 0 aliphatic carbocycles. The third kappa shape index (κ3) is 2.13. The van der Waals surface area contributed by atoms with Crippen molar-refractivity contribution in [3.8, 4) is 5.75 Å². The molecule has 0 aliphatic rings. The number of nitrogens with two attached hydrogens (primary N) is 1. The summed E-state index contributed by atoms with van der Waals surface area (Å²) >= 11 is 6.00. The number of methoxy groups -OCH3 is 1. The molecule has 4 nitrogen and oxygen atoms in total. The second kappa shape index (κ2) is 4.72. The summed E-state index contributed by atoms with van der Waals surface area (Å²) in [5, 5.41) is 9.25. The second-order valence-corrected chi connectivity index (χ2v) is 3.97. The number of halogens is 1. The van der Waals surface area contributed by atoms with Gasteiger partial charge >= 0.3 is 5.97 Å². The zero-order valence-corrected chi connectivity index (χ0v) is 10.1. The number of aryl methyl sites for hydroxylation is 1. The van der Waals surface area contributed by atoms with Crippen molar-refractivity contribution in [2.45, 2.75) is 19.9 Å². The average Bonchev–Trinajstić information content (AvgIpc) is 2.17. The number of hydrogen-bond acceptors (Lipinski definition) is 3. The molecule has 0 aliphatic heterocycles. The third-order valence-electron chi connectivity index (χ3n) is 2.48. The van der Waals surface area contributed by atoms with E-state index in [9.17, 15) is 4.79 Å². The Labute approximate surface area is 99.0 Å². The van der Waals surface area contributed by atoms with Gasteiger partial charge in [0.05, 0.1) is 7.11 Å². The number of aliphatic carboxylic acids is 1. The Hall–Kier alpha value is -1.26. The Bertz CT molecular complexity index is 432. The topological polar surface area (TPSA) is 72.5 Å². The van der Waals surface area contributed by atoms with Gasteiger partial charge in [0.2, 0.25) is 0 Å². The van der Waals surface area contributed by atoms with Gasteiger partial charge in [-0.25, -0.2) is 0 Å². The lowest BCUT2D eigenvalue weighted by Gasteiger charge is -2.17. The molecular formula is C11H14ClNO3. The van der Waals surface area contributed by atoms with Crippen LogP contribution in [0.4, 0.5) is 0 Å². The molecule has 3 N–H and O–H groups in total. The monoisotopic (exact) mass is 243 g/mol. The number of ether oxygens (including phenoxy) is 1. The molecule has 0 bridgehead atoms. The van der Waals surface area contributed by atoms with Crippen LogP contribution in [0.2, 0.25) is 5.02 Å². The van der Waals surface area contributed by atoms with Gasteiger partial charge in [-0.05, 0) is 31.0 Å². The molecule has 0 fully saturated rings. The fraction of sp³-hybridized carbons (Fsp3) is 0.364. The number of rotatable bonds is 3. The Morgan fingerprint density at radius 1 is 1.56 bits per heavy atom. The van der Waals surface area contributed by atoms with Gasteiger partial charge in [0, 0.05) is 10.6 Å². The van der Waals surface area contributed by atoms with Gasteiger partial charge in [-0.3, -0.25) is 4.79 Å². The number of carboxylic acid groups (broad SMARTS) is 1. The lowest BCUT2D eigenvalue weighted by molar-refractivity contribution is -0.138. The first-order chi connectivity index (χ1) is 7.40. The Morgan fingerprint density at radius 3 is 2.56 bits per heavy atom. The largest absolute Gasteiger partial charge is 0.496 e. The summed E-state index contributed by atoms with van der Waals surface area (Å²) in [6, 6.07) is 0.521. The minimum absolute atomic E-state index is 0.353. The summed E-state index contributed by atoms with van der Waals surface area (Å²) in [6.45, 7) is 3.59. The highest BCUT2D eigenvalue weighted by atomic mass is 35.5. The third-order valence-corrected chi connectivity index (χ3v) is 2.80. The van der Waals surface area contributed by atoms with Crippen LogP contribution in [0.3, 0.4) is 0 Å². The van der Waals surface area contributed by atoms with E-state index in [0.29, 0.717) is 21.9 Å². The molecule has 0 radical (unpaired) electrons. The van der Waals surface area contributed by atoms with E-state index in [4.69, 9.17) is 27.2 Å². The molecule has 1 unspecified atom stereocenters. The summed E-state index contributed by atoms with van der Waals surface area (Å²) in [5.74, 6) is -0.494. The molecule has 0 saturated heterocycles. The highest BCUT2D eigenvalue weighted by Gasteiger charge is 2.22. The summed E-state index contributed by atoms with van der Waals surface area (Å²) in [5.41, 5.74) is 7.50. The molecule has 16 heavy (non-hydrogen) atoms. The smallest absolute Gasteiger partial charge is 0.325 e. The molecule has 0 aromatic heterocycles. The highest BCUT2D eigenvalue weighted by molar-refractivity contribution is 6.32. The summed E-state index contributed by atoms with van der Waals surface area (Å²) in [6.07, 6.45) is 0. The van der Waals surface area contributed by atoms with Crippen molar-refractivity contribution in [1.82, 2.24) is 0 Å². The molecule has 0 heterocycles. The predicted molar refractivity (Wildman–Crippen MR) is 62.0 cm³/mol. The van der Waals surface area contributed by atoms with Gasteiger partial charge in [-0.15, -0.1) is 0 Å². The van der Waals surface area contributed by atoms with Crippen LogP contribution in [0.25, 0.3) is 0 Å². The zero-order chi connectivity index (χ0) is 12.5. The number of benzene rings is 1. The molecule has 1 atom stereocenters. The van der Waals surface area contributed by atoms with Gasteiger partial charge in [0.15, 0.2) is 0 Å². The maximum Gasteiger partial charge on any atom is 0.325 e. The normalized spacial score (nSPS) is 12.3. The number of carboxylic acids is 1. The van der Waals surface area contributed by atoms with Crippen molar-refractivity contribution in [2.75, 3.05) is 7.11 Å². The second-order valence-electron chi connectivity index (χ2n) is 3.56. The minimum Gasteiger partial charge on any atom is -0.496 e. The van der Waals surface area contributed by atoms with Crippen molar-refractivity contribution in [2.24, 2.45) is 5.73 Å². The molecule has 1 aromatic rings. The van der Waals surface area contributed by atoms with Crippen molar-refractivity contribution in [3.63, 3.8) is 0 Å². The van der Waals surface area contributed by atoms with Crippen LogP contribution in [0, 0.1) is 13.8 Å². The van der Waals surface area contributed by atoms with Crippen molar-refractivity contribution >= 4 is 17.6 Å². The van der Waals surface area contributed by atoms with E-state index in [0.717, 1.165) is 5.56 Å². The van der Waals surface area contributed by atoms with Gasteiger partial charge in [0.1, 0.15) is 11.8 Å². The fourth-order valence-corrected chi connectivity index (χ4v) is 2.17. The maximum absolute atomic E-state index is 10.9. The maximum atomic E-state index is 10.9. The Balaban J connectivity index is 3.45. The van der Waals surface area contributed by atoms with Crippen LogP contribution in [-0.4, -0.2) is 18.2 Å². The average molecular weight is 244 g/mol. The molecule has 5 heteroatoms. The molecule has 0 spiro atoms. The van der Waals surface area contributed by atoms with Crippen LogP contribution in [0.15, 0.2) is 6.07 Å². The lowest BCUT2D eigenvalue weighted by atomic mass is 9.98. The number of carbonyl (C=O) groups is 1. The highest BCUT2D eigenvalue weighted by Crippen LogP contribution is 2.34. The van der Waals surface area contributed by atoms with E-state index in [1.807, 2.05) is 6.92 Å². The zero-order valence-electron chi connectivity index (χ0n) is 9.37. The van der Waals surface area contributed by atoms with E-state index in [2.05, 4.69) is 0 Å². The van der Waals surface area contributed by atoms with Gasteiger partial charge < -0.3 is 15.6 Å². The first-order valence-corrected chi connectivity index (χ1v) is 5.10. The SMILES string of the molecule is COc1c(C)cc(Cl)c(C(N)C(=O)O)c1C. The Morgan fingerprint density at radius 2 is 2.12 bits per heavy atom. The standard InChI is InChI=1S/C11H14ClNO3/c1-5-4-7(12)8(9(13)11(14)15)6(2)10(5)16-3/h4,9H,13H2,1-3H3,(H,14,15). The predicted octanol–water partition coefficient (Wildman–Crippen LogP) is 2.05. The molecule has 0 amide bonds. The van der Waals surface area contributed by atoms with Crippen molar-refractivity contribution in [1.29, 1.82) is 0 Å². The first kappa shape index (κ1) is 12.8. The van der Waals surface area contributed by atoms with E-state index in [1.54, 1.807) is 13.0 Å². The quantitative estimate of drug-likeness (QED) is 0.852.